The van der Waals surface area contributed by atoms with Crippen molar-refractivity contribution in [3.05, 3.63) is 82.1 Å². The number of carbonyl (C=O) groups is 3. The van der Waals surface area contributed by atoms with E-state index < -0.39 is 18.0 Å². The van der Waals surface area contributed by atoms with Crippen LogP contribution in [-0.4, -0.2) is 45.0 Å². The van der Waals surface area contributed by atoms with Gasteiger partial charge in [-0.1, -0.05) is 44.0 Å². The molecule has 0 aliphatic carbocycles. The molecule has 0 fully saturated rings. The Morgan fingerprint density at radius 3 is 2.26 bits per heavy atom. The lowest BCUT2D eigenvalue weighted by Gasteiger charge is -2.14. The summed E-state index contributed by atoms with van der Waals surface area (Å²) >= 11 is 12.9. The molecule has 0 atom stereocenters. The quantitative estimate of drug-likeness (QED) is 0.154. The molecule has 4 amide bonds. The van der Waals surface area contributed by atoms with E-state index in [-0.39, 0.29) is 38.3 Å². The zero-order valence-electron chi connectivity index (χ0n) is 23.0. The molecule has 5 N–H and O–H groups in total. The fourth-order valence-corrected chi connectivity index (χ4v) is 4.01. The Morgan fingerprint density at radius 2 is 1.62 bits per heavy atom. The zero-order valence-corrected chi connectivity index (χ0v) is 24.5. The summed E-state index contributed by atoms with van der Waals surface area (Å²) in [5, 5.41) is 24.3. The number of benzene rings is 2. The number of urea groups is 2. The van der Waals surface area contributed by atoms with Crippen LogP contribution in [0.2, 0.25) is 10.0 Å². The van der Waals surface area contributed by atoms with Crippen molar-refractivity contribution in [2.24, 2.45) is 0 Å². The number of carboxylic acids is 1. The van der Waals surface area contributed by atoms with Gasteiger partial charge in [-0.05, 0) is 42.5 Å². The number of hydrogen-bond donors (Lipinski definition) is 5. The van der Waals surface area contributed by atoms with Gasteiger partial charge in [-0.3, -0.25) is 10.6 Å². The first-order chi connectivity index (χ1) is 19.8. The first kappa shape index (κ1) is 30.2. The second-order valence-corrected chi connectivity index (χ2v) is 10.7. The third kappa shape index (κ3) is 7.09. The van der Waals surface area contributed by atoms with Gasteiger partial charge in [-0.25, -0.2) is 24.0 Å². The normalized spacial score (nSPS) is 11.0. The Bertz CT molecular complexity index is 1650. The van der Waals surface area contributed by atoms with Gasteiger partial charge in [0.25, 0.3) is 0 Å². The zero-order chi connectivity index (χ0) is 30.6. The molecule has 2 aromatic heterocycles. The number of nitrogens with zero attached hydrogens (tertiary/aromatic N) is 3. The predicted octanol–water partition coefficient (Wildman–Crippen LogP) is 6.76. The van der Waals surface area contributed by atoms with Crippen LogP contribution in [0.3, 0.4) is 0 Å². The number of hydrogen-bond acceptors (Lipinski definition) is 6. The number of carboxylic acid groups (broad SMARTS) is 1. The summed E-state index contributed by atoms with van der Waals surface area (Å²) in [6.07, 6.45) is 1.45. The van der Waals surface area contributed by atoms with Crippen molar-refractivity contribution in [3.8, 4) is 17.2 Å². The van der Waals surface area contributed by atoms with Crippen LogP contribution in [-0.2, 0) is 5.41 Å². The van der Waals surface area contributed by atoms with Gasteiger partial charge in [-0.15, -0.1) is 0 Å². The van der Waals surface area contributed by atoms with E-state index in [1.807, 2.05) is 20.8 Å². The van der Waals surface area contributed by atoms with E-state index in [0.29, 0.717) is 22.9 Å². The van der Waals surface area contributed by atoms with Crippen molar-refractivity contribution in [2.75, 3.05) is 23.0 Å². The van der Waals surface area contributed by atoms with Crippen molar-refractivity contribution in [1.29, 1.82) is 0 Å². The molecule has 12 nitrogen and oxygen atoms in total. The highest BCUT2D eigenvalue weighted by atomic mass is 35.5. The van der Waals surface area contributed by atoms with Gasteiger partial charge in [0.15, 0.2) is 0 Å². The average molecular weight is 612 g/mol. The largest absolute Gasteiger partial charge is 0.478 e. The number of halogens is 2. The molecule has 4 aromatic rings. The second-order valence-electron chi connectivity index (χ2n) is 9.93. The molecule has 0 aliphatic heterocycles. The molecule has 14 heteroatoms. The molecule has 0 unspecified atom stereocenters. The first-order valence-corrected chi connectivity index (χ1v) is 13.2. The Balaban J connectivity index is 1.53. The number of nitrogens with one attached hydrogen (secondary N) is 4. The number of anilines is 3. The van der Waals surface area contributed by atoms with Crippen molar-refractivity contribution < 1.29 is 24.2 Å². The topological polar surface area (TPSA) is 160 Å². The monoisotopic (exact) mass is 611 g/mol. The van der Waals surface area contributed by atoms with Crippen LogP contribution in [0.15, 0.2) is 60.8 Å². The van der Waals surface area contributed by atoms with Crippen LogP contribution in [0.1, 0.15) is 36.8 Å². The molecule has 218 valence electrons. The van der Waals surface area contributed by atoms with Crippen molar-refractivity contribution >= 4 is 58.6 Å². The van der Waals surface area contributed by atoms with E-state index in [9.17, 15) is 19.5 Å². The summed E-state index contributed by atoms with van der Waals surface area (Å²) in [5.41, 5.74) is 1.26. The van der Waals surface area contributed by atoms with Gasteiger partial charge < -0.3 is 20.5 Å². The first-order valence-electron chi connectivity index (χ1n) is 12.5. The van der Waals surface area contributed by atoms with Crippen molar-refractivity contribution in [2.45, 2.75) is 26.2 Å². The van der Waals surface area contributed by atoms with Gasteiger partial charge in [0.05, 0.1) is 27.7 Å². The summed E-state index contributed by atoms with van der Waals surface area (Å²) in [7, 11) is 1.48. The van der Waals surface area contributed by atoms with Crippen molar-refractivity contribution in [3.63, 3.8) is 0 Å². The molecule has 0 bridgehead atoms. The molecule has 0 aliphatic rings. The van der Waals surface area contributed by atoms with Crippen LogP contribution in [0.4, 0.5) is 26.9 Å². The maximum atomic E-state index is 13.0. The van der Waals surface area contributed by atoms with Crippen LogP contribution in [0, 0.1) is 0 Å². The Morgan fingerprint density at radius 1 is 0.905 bits per heavy atom. The lowest BCUT2D eigenvalue weighted by Crippen LogP contribution is -2.24. The van der Waals surface area contributed by atoms with Crippen molar-refractivity contribution in [1.82, 2.24) is 20.1 Å². The van der Waals surface area contributed by atoms with E-state index in [4.69, 9.17) is 27.9 Å². The number of aromatic carboxylic acids is 1. The van der Waals surface area contributed by atoms with Crippen LogP contribution < -0.4 is 26.0 Å². The van der Waals surface area contributed by atoms with E-state index in [0.717, 1.165) is 0 Å². The lowest BCUT2D eigenvalue weighted by atomic mass is 9.92. The summed E-state index contributed by atoms with van der Waals surface area (Å²) < 4.78 is 7.33. The average Bonchev–Trinajstić information content (AvgIpc) is 3.37. The molecule has 42 heavy (non-hydrogen) atoms. The summed E-state index contributed by atoms with van der Waals surface area (Å²) in [6, 6.07) is 12.9. The minimum atomic E-state index is -1.05. The number of rotatable bonds is 7. The molecule has 4 rings (SSSR count). The minimum Gasteiger partial charge on any atom is -0.478 e. The second kappa shape index (κ2) is 12.4. The third-order valence-corrected chi connectivity index (χ3v) is 6.67. The van der Waals surface area contributed by atoms with Gasteiger partial charge >= 0.3 is 18.0 Å². The summed E-state index contributed by atoms with van der Waals surface area (Å²) in [6.45, 7) is 5.94. The summed E-state index contributed by atoms with van der Waals surface area (Å²) in [4.78, 5) is 39.9. The highest BCUT2D eigenvalue weighted by Crippen LogP contribution is 2.40. The number of pyridine rings is 1. The highest BCUT2D eigenvalue weighted by Gasteiger charge is 2.22. The smallest absolute Gasteiger partial charge is 0.335 e. The number of aromatic nitrogens is 3. The highest BCUT2D eigenvalue weighted by molar-refractivity contribution is 6.45. The van der Waals surface area contributed by atoms with E-state index in [1.165, 1.54) is 48.3 Å². The van der Waals surface area contributed by atoms with Gasteiger partial charge in [-0.2, -0.15) is 5.10 Å². The van der Waals surface area contributed by atoms with Gasteiger partial charge in [0.1, 0.15) is 28.2 Å². The van der Waals surface area contributed by atoms with E-state index in [1.54, 1.807) is 24.3 Å². The molecular formula is C28H27Cl2N7O5. The summed E-state index contributed by atoms with van der Waals surface area (Å²) in [5.74, 6) is 0.109. The molecular weight excluding hydrogens is 585 g/mol. The standard InChI is InChI=1S/C28H27Cl2N7O5/c1-28(2,3)20-14-22(37(36-20)16-7-5-15(6-8-16)25(38)39)35-27(41)33-18-9-10-19(24(30)23(18)29)42-17-11-12-32-21(13-17)34-26(40)31-4/h5-14H,1-4H3,(H,38,39)(H2,33,35,41)(H2,31,32,34,40). The van der Waals surface area contributed by atoms with Crippen LogP contribution in [0.5, 0.6) is 11.5 Å². The number of ether oxygens (including phenoxy) is 1. The fraction of sp³-hybridized carbons (Fsp3) is 0.179. The molecule has 0 saturated heterocycles. The maximum Gasteiger partial charge on any atom is 0.335 e. The Kier molecular flexibility index (Phi) is 8.88. The fourth-order valence-electron chi connectivity index (χ4n) is 3.60. The van der Waals surface area contributed by atoms with E-state index >= 15 is 0 Å². The van der Waals surface area contributed by atoms with Gasteiger partial charge in [0.2, 0.25) is 0 Å². The van der Waals surface area contributed by atoms with Crippen LogP contribution in [0.25, 0.3) is 5.69 Å². The predicted molar refractivity (Wildman–Crippen MR) is 161 cm³/mol. The SMILES string of the molecule is CNC(=O)Nc1cc(Oc2ccc(NC(=O)Nc3cc(C(C)(C)C)nn3-c3ccc(C(=O)O)cc3)c(Cl)c2Cl)ccn1. The molecule has 2 heterocycles. The number of amides is 4. The van der Waals surface area contributed by atoms with Gasteiger partial charge in [0, 0.05) is 30.8 Å². The lowest BCUT2D eigenvalue weighted by molar-refractivity contribution is 0.0697. The molecule has 0 radical (unpaired) electrons. The number of carbonyl (C=O) groups excluding carboxylic acids is 2. The Labute approximate surface area is 251 Å². The maximum absolute atomic E-state index is 13.0. The molecule has 0 spiro atoms. The molecule has 2 aromatic carbocycles. The van der Waals surface area contributed by atoms with Crippen LogP contribution >= 0.6 is 23.2 Å². The minimum absolute atomic E-state index is 0.0372. The third-order valence-electron chi connectivity index (χ3n) is 5.80. The Hall–Kier alpha value is -4.81. The molecule has 0 saturated carbocycles. The van der Waals surface area contributed by atoms with E-state index in [2.05, 4.69) is 31.3 Å².